The fourth-order valence-electron chi connectivity index (χ4n) is 2.25. The van der Waals surface area contributed by atoms with Gasteiger partial charge < -0.3 is 15.7 Å². The van der Waals surface area contributed by atoms with E-state index in [9.17, 15) is 9.59 Å². The Morgan fingerprint density at radius 1 is 1.40 bits per heavy atom. The molecule has 2 rings (SSSR count). The number of nitrogens with one attached hydrogen (secondary N) is 2. The molecule has 1 aromatic rings. The van der Waals surface area contributed by atoms with Crippen LogP contribution in [0, 0.1) is 12.8 Å². The lowest BCUT2D eigenvalue weighted by Gasteiger charge is -2.16. The van der Waals surface area contributed by atoms with Gasteiger partial charge in [-0.1, -0.05) is 29.8 Å². The van der Waals surface area contributed by atoms with Crippen LogP contribution in [0.3, 0.4) is 0 Å². The molecule has 3 N–H and O–H groups in total. The largest absolute Gasteiger partial charge is 0.481 e. The first kappa shape index (κ1) is 14.4. The first-order chi connectivity index (χ1) is 9.54. The van der Waals surface area contributed by atoms with Crippen LogP contribution < -0.4 is 10.6 Å². The number of rotatable bonds is 6. The summed E-state index contributed by atoms with van der Waals surface area (Å²) in [6.45, 7) is 2.44. The van der Waals surface area contributed by atoms with E-state index in [4.69, 9.17) is 5.11 Å². The zero-order chi connectivity index (χ0) is 14.5. The van der Waals surface area contributed by atoms with E-state index < -0.39 is 5.97 Å². The van der Waals surface area contributed by atoms with Gasteiger partial charge in [0.15, 0.2) is 0 Å². The van der Waals surface area contributed by atoms with Gasteiger partial charge in [0.1, 0.15) is 0 Å². The Kier molecular flexibility index (Phi) is 4.61. The fraction of sp³-hybridized carbons (Fsp3) is 0.467. The van der Waals surface area contributed by atoms with Crippen LogP contribution in [0.1, 0.15) is 30.4 Å². The second-order valence-electron chi connectivity index (χ2n) is 5.36. The summed E-state index contributed by atoms with van der Waals surface area (Å²) in [4.78, 5) is 22.6. The first-order valence-corrected chi connectivity index (χ1v) is 6.86. The van der Waals surface area contributed by atoms with Crippen molar-refractivity contribution in [3.05, 3.63) is 35.4 Å². The Hall–Kier alpha value is -2.04. The molecule has 2 amide bonds. The van der Waals surface area contributed by atoms with Gasteiger partial charge in [-0.25, -0.2) is 4.79 Å². The quantitative estimate of drug-likeness (QED) is 0.744. The second-order valence-corrected chi connectivity index (χ2v) is 5.36. The highest BCUT2D eigenvalue weighted by Gasteiger charge is 2.33. The summed E-state index contributed by atoms with van der Waals surface area (Å²) in [6, 6.07) is 7.34. The van der Waals surface area contributed by atoms with Gasteiger partial charge in [0, 0.05) is 12.6 Å². The molecule has 1 unspecified atom stereocenters. The third-order valence-corrected chi connectivity index (χ3v) is 3.44. The average Bonchev–Trinajstić information content (AvgIpc) is 3.19. The number of amides is 2. The molecular formula is C15H20N2O3. The summed E-state index contributed by atoms with van der Waals surface area (Å²) < 4.78 is 0. The van der Waals surface area contributed by atoms with Gasteiger partial charge >= 0.3 is 12.0 Å². The predicted octanol–water partition coefficient (Wildman–Crippen LogP) is 2.05. The fourth-order valence-corrected chi connectivity index (χ4v) is 2.25. The Labute approximate surface area is 118 Å². The zero-order valence-electron chi connectivity index (χ0n) is 11.6. The number of hydrogen-bond donors (Lipinski definition) is 3. The summed E-state index contributed by atoms with van der Waals surface area (Å²) in [5.41, 5.74) is 2.17. The highest BCUT2D eigenvalue weighted by molar-refractivity contribution is 5.75. The Balaban J connectivity index is 1.80. The molecule has 1 fully saturated rings. The maximum Gasteiger partial charge on any atom is 0.315 e. The van der Waals surface area contributed by atoms with Gasteiger partial charge in [-0.15, -0.1) is 0 Å². The highest BCUT2D eigenvalue weighted by atomic mass is 16.4. The molecule has 0 spiro atoms. The number of carbonyl (C=O) groups excluding carboxylic acids is 1. The molecular weight excluding hydrogens is 256 g/mol. The van der Waals surface area contributed by atoms with E-state index in [-0.39, 0.29) is 18.5 Å². The molecule has 0 aromatic heterocycles. The molecule has 0 saturated heterocycles. The van der Waals surface area contributed by atoms with Crippen molar-refractivity contribution in [1.29, 1.82) is 0 Å². The van der Waals surface area contributed by atoms with Crippen molar-refractivity contribution < 1.29 is 14.7 Å². The topological polar surface area (TPSA) is 78.4 Å². The minimum absolute atomic E-state index is 0.0114. The molecule has 5 heteroatoms. The average molecular weight is 276 g/mol. The molecule has 1 saturated carbocycles. The van der Waals surface area contributed by atoms with Crippen molar-refractivity contribution in [2.24, 2.45) is 5.92 Å². The summed E-state index contributed by atoms with van der Waals surface area (Å²) in [5.74, 6) is -0.559. The lowest BCUT2D eigenvalue weighted by atomic mass is 10.1. The number of hydrogen-bond acceptors (Lipinski definition) is 2. The molecule has 1 aliphatic carbocycles. The number of aryl methyl sites for hydroxylation is 1. The molecule has 0 aliphatic heterocycles. The van der Waals surface area contributed by atoms with Crippen LogP contribution in [0.15, 0.2) is 24.3 Å². The third-order valence-electron chi connectivity index (χ3n) is 3.44. The van der Waals surface area contributed by atoms with E-state index in [0.717, 1.165) is 24.0 Å². The van der Waals surface area contributed by atoms with Gasteiger partial charge in [0.05, 0.1) is 6.42 Å². The Morgan fingerprint density at radius 2 is 2.15 bits per heavy atom. The number of carboxylic acids is 1. The van der Waals surface area contributed by atoms with Crippen LogP contribution in [0.25, 0.3) is 0 Å². The van der Waals surface area contributed by atoms with Crippen LogP contribution in [0.4, 0.5) is 4.79 Å². The first-order valence-electron chi connectivity index (χ1n) is 6.86. The lowest BCUT2D eigenvalue weighted by Crippen LogP contribution is -2.43. The van der Waals surface area contributed by atoms with Gasteiger partial charge in [-0.2, -0.15) is 0 Å². The van der Waals surface area contributed by atoms with Gasteiger partial charge in [-0.05, 0) is 31.2 Å². The summed E-state index contributed by atoms with van der Waals surface area (Å²) >= 11 is 0. The summed E-state index contributed by atoms with van der Waals surface area (Å²) in [6.07, 6.45) is 1.98. The van der Waals surface area contributed by atoms with Crippen LogP contribution in [0.5, 0.6) is 0 Å². The van der Waals surface area contributed by atoms with Crippen LogP contribution >= 0.6 is 0 Å². The highest BCUT2D eigenvalue weighted by Crippen LogP contribution is 2.33. The molecule has 0 heterocycles. The monoisotopic (exact) mass is 276 g/mol. The zero-order valence-corrected chi connectivity index (χ0v) is 11.6. The van der Waals surface area contributed by atoms with Crippen LogP contribution in [-0.4, -0.2) is 23.1 Å². The van der Waals surface area contributed by atoms with Crippen molar-refractivity contribution in [3.8, 4) is 0 Å². The minimum Gasteiger partial charge on any atom is -0.481 e. The molecule has 5 nitrogen and oxygen atoms in total. The predicted molar refractivity (Wildman–Crippen MR) is 75.3 cm³/mol. The third kappa shape index (κ3) is 4.57. The van der Waals surface area contributed by atoms with E-state index in [1.807, 2.05) is 31.2 Å². The summed E-state index contributed by atoms with van der Waals surface area (Å²) in [5, 5.41) is 14.4. The minimum atomic E-state index is -0.874. The van der Waals surface area contributed by atoms with Crippen molar-refractivity contribution in [1.82, 2.24) is 10.6 Å². The maximum absolute atomic E-state index is 11.8. The molecule has 20 heavy (non-hydrogen) atoms. The van der Waals surface area contributed by atoms with E-state index in [1.54, 1.807) is 0 Å². The van der Waals surface area contributed by atoms with Gasteiger partial charge in [-0.3, -0.25) is 4.79 Å². The smallest absolute Gasteiger partial charge is 0.315 e. The van der Waals surface area contributed by atoms with E-state index in [2.05, 4.69) is 10.6 Å². The molecule has 1 aliphatic rings. The molecule has 0 radical (unpaired) electrons. The van der Waals surface area contributed by atoms with Crippen molar-refractivity contribution in [2.75, 3.05) is 0 Å². The molecule has 1 aromatic carbocycles. The number of carbonyl (C=O) groups is 2. The van der Waals surface area contributed by atoms with Gasteiger partial charge in [0.2, 0.25) is 0 Å². The number of carboxylic acid groups (broad SMARTS) is 1. The van der Waals surface area contributed by atoms with Crippen molar-refractivity contribution >= 4 is 12.0 Å². The lowest BCUT2D eigenvalue weighted by molar-refractivity contribution is -0.137. The Bertz CT molecular complexity index is 498. The molecule has 108 valence electrons. The number of aliphatic carboxylic acids is 1. The van der Waals surface area contributed by atoms with E-state index in [1.165, 1.54) is 0 Å². The summed E-state index contributed by atoms with van der Waals surface area (Å²) in [7, 11) is 0. The van der Waals surface area contributed by atoms with Crippen molar-refractivity contribution in [2.45, 2.75) is 38.8 Å². The van der Waals surface area contributed by atoms with E-state index in [0.29, 0.717) is 12.5 Å². The molecule has 0 bridgehead atoms. The SMILES string of the molecule is Cc1cccc(CNC(=O)NC(CC(=O)O)C2CC2)c1. The van der Waals surface area contributed by atoms with Crippen LogP contribution in [0.2, 0.25) is 0 Å². The number of urea groups is 1. The Morgan fingerprint density at radius 3 is 2.75 bits per heavy atom. The second kappa shape index (κ2) is 6.41. The number of benzene rings is 1. The van der Waals surface area contributed by atoms with Crippen LogP contribution in [-0.2, 0) is 11.3 Å². The van der Waals surface area contributed by atoms with E-state index >= 15 is 0 Å². The molecule has 1 atom stereocenters. The van der Waals surface area contributed by atoms with Crippen molar-refractivity contribution in [3.63, 3.8) is 0 Å². The maximum atomic E-state index is 11.8. The standard InChI is InChI=1S/C15H20N2O3/c1-10-3-2-4-11(7-10)9-16-15(20)17-13(8-14(18)19)12-5-6-12/h2-4,7,12-13H,5-6,8-9H2,1H3,(H,18,19)(H2,16,17,20). The normalized spacial score (nSPS) is 15.4. The van der Waals surface area contributed by atoms with Gasteiger partial charge in [0.25, 0.3) is 0 Å².